The van der Waals surface area contributed by atoms with Crippen molar-refractivity contribution in [3.05, 3.63) is 53.5 Å². The summed E-state index contributed by atoms with van der Waals surface area (Å²) in [5.74, 6) is 2.04. The molecule has 2 aliphatic rings. The van der Waals surface area contributed by atoms with Gasteiger partial charge >= 0.3 is 0 Å². The Morgan fingerprint density at radius 2 is 1.71 bits per heavy atom. The number of benzene rings is 1. The molecule has 4 rings (SSSR count). The van der Waals surface area contributed by atoms with Gasteiger partial charge in [0.15, 0.2) is 0 Å². The molecule has 5 nitrogen and oxygen atoms in total. The van der Waals surface area contributed by atoms with Gasteiger partial charge < -0.3 is 20.0 Å². The van der Waals surface area contributed by atoms with Crippen LogP contribution in [0.4, 0.5) is 5.69 Å². The molecule has 1 aromatic heterocycles. The summed E-state index contributed by atoms with van der Waals surface area (Å²) in [6.07, 6.45) is 6.93. The number of carbonyl (C=O) groups excluding carboxylic acids is 1. The number of amides is 1. The first-order chi connectivity index (χ1) is 13.7. The van der Waals surface area contributed by atoms with E-state index in [9.17, 15) is 4.79 Å². The first-order valence-corrected chi connectivity index (χ1v) is 10.6. The molecule has 150 valence electrons. The third kappa shape index (κ3) is 4.76. The molecule has 0 radical (unpaired) electrons. The number of furan rings is 1. The Kier molecular flexibility index (Phi) is 6.01. The SMILES string of the molecule is Cc1ccc(CNC2CCN(c3ccc(C(=O)NC4CCCC4)cc3)CC2)o1. The molecule has 2 aromatic rings. The Bertz CT molecular complexity index is 769. The Morgan fingerprint density at radius 3 is 2.36 bits per heavy atom. The summed E-state index contributed by atoms with van der Waals surface area (Å²) in [7, 11) is 0. The van der Waals surface area contributed by atoms with Gasteiger partial charge in [-0.15, -0.1) is 0 Å². The molecule has 5 heteroatoms. The Hall–Kier alpha value is -2.27. The van der Waals surface area contributed by atoms with Gasteiger partial charge in [-0.25, -0.2) is 0 Å². The van der Waals surface area contributed by atoms with Crippen molar-refractivity contribution < 1.29 is 9.21 Å². The zero-order chi connectivity index (χ0) is 19.3. The second-order valence-corrected chi connectivity index (χ2v) is 8.16. The van der Waals surface area contributed by atoms with Gasteiger partial charge in [-0.05, 0) is 69.0 Å². The summed E-state index contributed by atoms with van der Waals surface area (Å²) < 4.78 is 5.63. The molecule has 1 aliphatic heterocycles. The zero-order valence-corrected chi connectivity index (χ0v) is 16.7. The summed E-state index contributed by atoms with van der Waals surface area (Å²) in [6, 6.07) is 13.0. The summed E-state index contributed by atoms with van der Waals surface area (Å²) >= 11 is 0. The van der Waals surface area contributed by atoms with Crippen LogP contribution in [0, 0.1) is 6.92 Å². The normalized spacial score (nSPS) is 18.5. The van der Waals surface area contributed by atoms with Gasteiger partial charge in [-0.3, -0.25) is 4.79 Å². The monoisotopic (exact) mass is 381 g/mol. The average molecular weight is 382 g/mol. The second kappa shape index (κ2) is 8.82. The molecule has 2 N–H and O–H groups in total. The van der Waals surface area contributed by atoms with Gasteiger partial charge in [0, 0.05) is 36.4 Å². The maximum atomic E-state index is 12.4. The molecular formula is C23H31N3O2. The number of anilines is 1. The lowest BCUT2D eigenvalue weighted by atomic mass is 10.0. The molecule has 0 unspecified atom stereocenters. The highest BCUT2D eigenvalue weighted by molar-refractivity contribution is 5.94. The number of rotatable bonds is 6. The molecule has 2 heterocycles. The Labute approximate surface area is 167 Å². The highest BCUT2D eigenvalue weighted by Gasteiger charge is 2.21. The first-order valence-electron chi connectivity index (χ1n) is 10.6. The van der Waals surface area contributed by atoms with E-state index < -0.39 is 0 Å². The fraction of sp³-hybridized carbons (Fsp3) is 0.522. The van der Waals surface area contributed by atoms with Crippen LogP contribution in [0.1, 0.15) is 60.4 Å². The fourth-order valence-corrected chi connectivity index (χ4v) is 4.33. The molecule has 1 aliphatic carbocycles. The van der Waals surface area contributed by atoms with Crippen molar-refractivity contribution in [3.63, 3.8) is 0 Å². The minimum absolute atomic E-state index is 0.0644. The van der Waals surface area contributed by atoms with Crippen molar-refractivity contribution in [2.24, 2.45) is 0 Å². The van der Waals surface area contributed by atoms with Crippen LogP contribution in [-0.4, -0.2) is 31.1 Å². The maximum Gasteiger partial charge on any atom is 0.251 e. The van der Waals surface area contributed by atoms with Crippen molar-refractivity contribution in [2.45, 2.75) is 64.1 Å². The van der Waals surface area contributed by atoms with E-state index in [2.05, 4.69) is 27.7 Å². The van der Waals surface area contributed by atoms with E-state index in [1.54, 1.807) is 0 Å². The lowest BCUT2D eigenvalue weighted by Gasteiger charge is -2.34. The number of carbonyl (C=O) groups is 1. The fourth-order valence-electron chi connectivity index (χ4n) is 4.33. The highest BCUT2D eigenvalue weighted by atomic mass is 16.3. The van der Waals surface area contributed by atoms with E-state index in [0.717, 1.165) is 62.4 Å². The summed E-state index contributed by atoms with van der Waals surface area (Å²) in [6.45, 7) is 4.83. The van der Waals surface area contributed by atoms with Gasteiger partial charge in [0.05, 0.1) is 6.54 Å². The van der Waals surface area contributed by atoms with Crippen LogP contribution in [0.5, 0.6) is 0 Å². The van der Waals surface area contributed by atoms with Crippen molar-refractivity contribution in [1.29, 1.82) is 0 Å². The summed E-state index contributed by atoms with van der Waals surface area (Å²) in [5.41, 5.74) is 1.97. The van der Waals surface area contributed by atoms with Crippen LogP contribution in [0.25, 0.3) is 0 Å². The summed E-state index contributed by atoms with van der Waals surface area (Å²) in [4.78, 5) is 14.8. The predicted octanol–water partition coefficient (Wildman–Crippen LogP) is 4.02. The van der Waals surface area contributed by atoms with Crippen molar-refractivity contribution in [3.8, 4) is 0 Å². The number of nitrogens with one attached hydrogen (secondary N) is 2. The van der Waals surface area contributed by atoms with Crippen LogP contribution >= 0.6 is 0 Å². The predicted molar refractivity (Wildman–Crippen MR) is 112 cm³/mol. The van der Waals surface area contributed by atoms with E-state index in [1.807, 2.05) is 31.2 Å². The van der Waals surface area contributed by atoms with E-state index >= 15 is 0 Å². The number of piperidine rings is 1. The smallest absolute Gasteiger partial charge is 0.251 e. The van der Waals surface area contributed by atoms with E-state index in [4.69, 9.17) is 4.42 Å². The average Bonchev–Trinajstić information content (AvgIpc) is 3.38. The molecule has 1 aromatic carbocycles. The molecular weight excluding hydrogens is 350 g/mol. The van der Waals surface area contributed by atoms with Crippen molar-refractivity contribution in [1.82, 2.24) is 10.6 Å². The topological polar surface area (TPSA) is 57.5 Å². The standard InChI is InChI=1S/C23H31N3O2/c1-17-6-11-22(28-17)16-24-19-12-14-26(15-13-19)21-9-7-18(8-10-21)23(27)25-20-4-2-3-5-20/h6-11,19-20,24H,2-5,12-16H2,1H3,(H,25,27). The lowest BCUT2D eigenvalue weighted by Crippen LogP contribution is -2.42. The van der Waals surface area contributed by atoms with Crippen LogP contribution in [-0.2, 0) is 6.54 Å². The Morgan fingerprint density at radius 1 is 1.00 bits per heavy atom. The Balaban J connectivity index is 1.24. The second-order valence-electron chi connectivity index (χ2n) is 8.16. The number of aryl methyl sites for hydroxylation is 1. The van der Waals surface area contributed by atoms with E-state index in [0.29, 0.717) is 12.1 Å². The van der Waals surface area contributed by atoms with E-state index in [1.165, 1.54) is 18.5 Å². The van der Waals surface area contributed by atoms with Gasteiger partial charge in [0.25, 0.3) is 5.91 Å². The quantitative estimate of drug-likeness (QED) is 0.794. The largest absolute Gasteiger partial charge is 0.465 e. The maximum absolute atomic E-state index is 12.4. The van der Waals surface area contributed by atoms with Gasteiger partial charge in [0.1, 0.15) is 11.5 Å². The van der Waals surface area contributed by atoms with Gasteiger partial charge in [0.2, 0.25) is 0 Å². The highest BCUT2D eigenvalue weighted by Crippen LogP contribution is 2.22. The van der Waals surface area contributed by atoms with Crippen LogP contribution in [0.2, 0.25) is 0 Å². The molecule has 0 bridgehead atoms. The number of nitrogens with zero attached hydrogens (tertiary/aromatic N) is 1. The third-order valence-corrected chi connectivity index (χ3v) is 6.04. The van der Waals surface area contributed by atoms with Crippen LogP contribution < -0.4 is 15.5 Å². The molecule has 1 saturated heterocycles. The van der Waals surface area contributed by atoms with Gasteiger partial charge in [-0.1, -0.05) is 12.8 Å². The minimum Gasteiger partial charge on any atom is -0.465 e. The minimum atomic E-state index is 0.0644. The van der Waals surface area contributed by atoms with Gasteiger partial charge in [-0.2, -0.15) is 0 Å². The van der Waals surface area contributed by atoms with E-state index in [-0.39, 0.29) is 5.91 Å². The zero-order valence-electron chi connectivity index (χ0n) is 16.7. The molecule has 2 fully saturated rings. The van der Waals surface area contributed by atoms with Crippen LogP contribution in [0.3, 0.4) is 0 Å². The third-order valence-electron chi connectivity index (χ3n) is 6.04. The molecule has 0 atom stereocenters. The summed E-state index contributed by atoms with van der Waals surface area (Å²) in [5, 5.41) is 6.77. The number of hydrogen-bond donors (Lipinski definition) is 2. The lowest BCUT2D eigenvalue weighted by molar-refractivity contribution is 0.0938. The molecule has 1 amide bonds. The molecule has 0 spiro atoms. The molecule has 28 heavy (non-hydrogen) atoms. The molecule has 1 saturated carbocycles. The van der Waals surface area contributed by atoms with Crippen molar-refractivity contribution in [2.75, 3.05) is 18.0 Å². The van der Waals surface area contributed by atoms with Crippen molar-refractivity contribution >= 4 is 11.6 Å². The number of hydrogen-bond acceptors (Lipinski definition) is 4. The van der Waals surface area contributed by atoms with Crippen LogP contribution in [0.15, 0.2) is 40.8 Å². The first kappa shape index (κ1) is 19.1.